The Morgan fingerprint density at radius 3 is 1.69 bits per heavy atom. The third-order valence-corrected chi connectivity index (χ3v) is 5.11. The highest BCUT2D eigenvalue weighted by Crippen LogP contribution is 2.61. The Kier molecular flexibility index (Phi) is 4.87. The minimum absolute atomic E-state index is 0.922. The van der Waals surface area contributed by atoms with Gasteiger partial charge in [-0.25, -0.2) is 0 Å². The van der Waals surface area contributed by atoms with Gasteiger partial charge in [-0.2, -0.15) is 30.7 Å². The average molecular weight is 396 g/mol. The number of carboxylic acid groups (broad SMARTS) is 2. The molecular weight excluding hydrogens is 381 g/mol. The maximum absolute atomic E-state index is 13.8. The van der Waals surface area contributed by atoms with Crippen LogP contribution in [0.4, 0.5) is 30.7 Å². The zero-order valence-electron chi connectivity index (χ0n) is 13.6. The van der Waals surface area contributed by atoms with Gasteiger partial charge in [-0.15, -0.1) is 0 Å². The van der Waals surface area contributed by atoms with Crippen LogP contribution in [0.3, 0.4) is 0 Å². The molecule has 0 heterocycles. The lowest BCUT2D eigenvalue weighted by Crippen LogP contribution is -2.53. The van der Waals surface area contributed by atoms with Crippen molar-refractivity contribution in [2.45, 2.75) is 45.2 Å². The molecule has 1 aliphatic rings. The number of halogens is 7. The van der Waals surface area contributed by atoms with Gasteiger partial charge in [0.1, 0.15) is 0 Å². The van der Waals surface area contributed by atoms with Crippen LogP contribution in [-0.2, 0) is 9.59 Å². The molecule has 1 aliphatic carbocycles. The molecular formula is C14H15F7O5. The van der Waals surface area contributed by atoms with Gasteiger partial charge in [0, 0.05) is 0 Å². The van der Waals surface area contributed by atoms with Crippen molar-refractivity contribution in [1.82, 2.24) is 0 Å². The SMILES string of the molecule is CC1(C(=O)O)C/C(=C(/O)C(F)(F)C(F)(F)C(F)(F)F)C(C(=O)O)C1(C)C. The monoisotopic (exact) mass is 396 g/mol. The van der Waals surface area contributed by atoms with E-state index in [9.17, 15) is 55.6 Å². The molecule has 0 spiro atoms. The molecule has 0 bridgehead atoms. The number of aliphatic hydroxyl groups excluding tert-OH is 1. The molecule has 150 valence electrons. The van der Waals surface area contributed by atoms with E-state index >= 15 is 0 Å². The quantitative estimate of drug-likeness (QED) is 0.496. The van der Waals surface area contributed by atoms with Crippen LogP contribution in [0.25, 0.3) is 0 Å². The Bertz CT molecular complexity index is 665. The fourth-order valence-corrected chi connectivity index (χ4v) is 3.02. The first kappa shape index (κ1) is 22.0. The summed E-state index contributed by atoms with van der Waals surface area (Å²) in [6.45, 7) is 2.95. The van der Waals surface area contributed by atoms with Gasteiger partial charge in [0.25, 0.3) is 0 Å². The lowest BCUT2D eigenvalue weighted by Gasteiger charge is -2.36. The van der Waals surface area contributed by atoms with E-state index in [-0.39, 0.29) is 0 Å². The predicted octanol–water partition coefficient (Wildman–Crippen LogP) is 3.85. The van der Waals surface area contributed by atoms with E-state index < -0.39 is 64.5 Å². The second-order valence-electron chi connectivity index (χ2n) is 6.83. The number of hydrogen-bond donors (Lipinski definition) is 3. The van der Waals surface area contributed by atoms with Crippen LogP contribution in [0.2, 0.25) is 0 Å². The minimum atomic E-state index is -6.74. The van der Waals surface area contributed by atoms with Crippen molar-refractivity contribution in [3.05, 3.63) is 11.3 Å². The number of carboxylic acids is 2. The summed E-state index contributed by atoms with van der Waals surface area (Å²) in [5, 5.41) is 28.0. The Balaban J connectivity index is 3.75. The van der Waals surface area contributed by atoms with E-state index in [1.165, 1.54) is 0 Å². The van der Waals surface area contributed by atoms with Crippen LogP contribution in [0.1, 0.15) is 27.2 Å². The average Bonchev–Trinajstić information content (AvgIpc) is 2.64. The van der Waals surface area contributed by atoms with Crippen molar-refractivity contribution < 1.29 is 55.6 Å². The summed E-state index contributed by atoms with van der Waals surface area (Å²) in [7, 11) is 0. The lowest BCUT2D eigenvalue weighted by molar-refractivity contribution is -0.349. The zero-order chi connectivity index (χ0) is 21.1. The summed E-state index contributed by atoms with van der Waals surface area (Å²) in [6.07, 6.45) is -7.89. The summed E-state index contributed by atoms with van der Waals surface area (Å²) in [5.74, 6) is -21.5. The molecule has 0 saturated heterocycles. The van der Waals surface area contributed by atoms with Gasteiger partial charge in [0.05, 0.1) is 11.3 Å². The molecule has 3 N–H and O–H groups in total. The number of allylic oxidation sites excluding steroid dienone is 1. The van der Waals surface area contributed by atoms with Crippen molar-refractivity contribution in [3.63, 3.8) is 0 Å². The predicted molar refractivity (Wildman–Crippen MR) is 70.9 cm³/mol. The van der Waals surface area contributed by atoms with Gasteiger partial charge < -0.3 is 15.3 Å². The topological polar surface area (TPSA) is 94.8 Å². The van der Waals surface area contributed by atoms with Gasteiger partial charge in [0.2, 0.25) is 0 Å². The van der Waals surface area contributed by atoms with Crippen LogP contribution in [0.15, 0.2) is 11.3 Å². The Labute approximate surface area is 142 Å². The molecule has 0 aromatic heterocycles. The fraction of sp³-hybridized carbons (Fsp3) is 0.714. The summed E-state index contributed by atoms with van der Waals surface area (Å²) in [5.41, 5.74) is -5.40. The smallest absolute Gasteiger partial charge is 0.460 e. The second kappa shape index (κ2) is 5.74. The van der Waals surface area contributed by atoms with Crippen LogP contribution >= 0.6 is 0 Å². The summed E-state index contributed by atoms with van der Waals surface area (Å²) < 4.78 is 90.7. The van der Waals surface area contributed by atoms with Crippen LogP contribution < -0.4 is 0 Å². The van der Waals surface area contributed by atoms with Gasteiger partial charge in [-0.3, -0.25) is 9.59 Å². The maximum atomic E-state index is 13.8. The van der Waals surface area contributed by atoms with E-state index in [4.69, 9.17) is 0 Å². The maximum Gasteiger partial charge on any atom is 0.460 e. The van der Waals surface area contributed by atoms with Crippen molar-refractivity contribution in [1.29, 1.82) is 0 Å². The van der Waals surface area contributed by atoms with E-state index in [0.717, 1.165) is 20.8 Å². The van der Waals surface area contributed by atoms with E-state index in [1.54, 1.807) is 0 Å². The standard InChI is InChI=1S/C14H15F7O5/c1-10(2)6(8(23)24)5(4-11(10,3)9(25)26)7(22)12(15,16)13(17,18)14(19,20)21/h6,22H,4H2,1-3H3,(H,23,24)(H,25,26)/b7-5-. The molecule has 1 saturated carbocycles. The van der Waals surface area contributed by atoms with Gasteiger partial charge >= 0.3 is 30.0 Å². The summed E-state index contributed by atoms with van der Waals surface area (Å²) >= 11 is 0. The molecule has 0 radical (unpaired) electrons. The first-order valence-corrected chi connectivity index (χ1v) is 6.98. The number of carbonyl (C=O) groups is 2. The number of rotatable bonds is 4. The Hall–Kier alpha value is -2.01. The van der Waals surface area contributed by atoms with Crippen LogP contribution in [0.5, 0.6) is 0 Å². The number of aliphatic hydroxyl groups is 1. The molecule has 0 amide bonds. The molecule has 0 aromatic carbocycles. The molecule has 1 fully saturated rings. The molecule has 2 unspecified atom stereocenters. The zero-order valence-corrected chi connectivity index (χ0v) is 13.6. The van der Waals surface area contributed by atoms with Crippen LogP contribution in [0, 0.1) is 16.7 Å². The van der Waals surface area contributed by atoms with Gasteiger partial charge in [-0.05, 0) is 24.3 Å². The highest BCUT2D eigenvalue weighted by atomic mass is 19.4. The minimum Gasteiger partial charge on any atom is -0.506 e. The Morgan fingerprint density at radius 1 is 0.962 bits per heavy atom. The van der Waals surface area contributed by atoms with Crippen LogP contribution in [-0.4, -0.2) is 45.3 Å². The Morgan fingerprint density at radius 2 is 1.38 bits per heavy atom. The molecule has 26 heavy (non-hydrogen) atoms. The van der Waals surface area contributed by atoms with Gasteiger partial charge in [-0.1, -0.05) is 13.8 Å². The number of aliphatic carboxylic acids is 2. The normalized spacial score (nSPS) is 28.8. The molecule has 0 aromatic rings. The first-order valence-electron chi connectivity index (χ1n) is 6.98. The van der Waals surface area contributed by atoms with Crippen molar-refractivity contribution >= 4 is 11.9 Å². The van der Waals surface area contributed by atoms with Crippen molar-refractivity contribution in [3.8, 4) is 0 Å². The van der Waals surface area contributed by atoms with E-state index in [2.05, 4.69) is 0 Å². The molecule has 5 nitrogen and oxygen atoms in total. The van der Waals surface area contributed by atoms with Crippen molar-refractivity contribution in [2.75, 3.05) is 0 Å². The first-order chi connectivity index (χ1) is 11.3. The summed E-state index contributed by atoms with van der Waals surface area (Å²) in [6, 6.07) is 0. The number of alkyl halides is 7. The largest absolute Gasteiger partial charge is 0.506 e. The third kappa shape index (κ3) is 2.69. The highest BCUT2D eigenvalue weighted by Gasteiger charge is 2.76. The van der Waals surface area contributed by atoms with Gasteiger partial charge in [0.15, 0.2) is 5.76 Å². The lowest BCUT2D eigenvalue weighted by atomic mass is 9.65. The third-order valence-electron chi connectivity index (χ3n) is 5.11. The van der Waals surface area contributed by atoms with E-state index in [1.807, 2.05) is 0 Å². The molecule has 2 atom stereocenters. The highest BCUT2D eigenvalue weighted by molar-refractivity contribution is 5.83. The molecule has 1 rings (SSSR count). The van der Waals surface area contributed by atoms with Crippen molar-refractivity contribution in [2.24, 2.45) is 16.7 Å². The second-order valence-corrected chi connectivity index (χ2v) is 6.83. The fourth-order valence-electron chi connectivity index (χ4n) is 3.02. The molecule has 12 heteroatoms. The van der Waals surface area contributed by atoms with E-state index in [0.29, 0.717) is 0 Å². The summed E-state index contributed by atoms with van der Waals surface area (Å²) in [4.78, 5) is 22.9. The molecule has 0 aliphatic heterocycles. The number of hydrogen-bond acceptors (Lipinski definition) is 3.